The van der Waals surface area contributed by atoms with E-state index in [0.717, 1.165) is 12.1 Å². The molecule has 1 aromatic rings. The van der Waals surface area contributed by atoms with E-state index in [2.05, 4.69) is 20.9 Å². The van der Waals surface area contributed by atoms with E-state index in [1.165, 1.54) is 0 Å². The summed E-state index contributed by atoms with van der Waals surface area (Å²) in [4.78, 5) is 25.9. The molecule has 1 fully saturated rings. The Bertz CT molecular complexity index is 567. The van der Waals surface area contributed by atoms with Crippen LogP contribution in [-0.2, 0) is 4.79 Å². The number of piperazine rings is 1. The number of urea groups is 1. The molecule has 2 unspecified atom stereocenters. The highest BCUT2D eigenvalue weighted by atomic mass is 35.5. The number of hydrogen-bond donors (Lipinski definition) is 3. The van der Waals surface area contributed by atoms with Crippen LogP contribution in [0.1, 0.15) is 25.5 Å². The highest BCUT2D eigenvalue weighted by Crippen LogP contribution is 2.29. The standard InChI is InChI=1S/C16H23ClN4O2/c1-3-19-16(23)20-15(22)11(2)21-9-8-18-10-14(21)12-6-4-5-7-13(12)17/h4-7,11,14,18H,3,8-10H2,1-2H3,(H2,19,20,22,23). The zero-order valence-corrected chi connectivity index (χ0v) is 14.2. The van der Waals surface area contributed by atoms with Crippen LogP contribution in [0.3, 0.4) is 0 Å². The molecule has 1 saturated heterocycles. The SMILES string of the molecule is CCNC(=O)NC(=O)C(C)N1CCNCC1c1ccccc1Cl. The molecule has 6 nitrogen and oxygen atoms in total. The Kier molecular flexibility index (Phi) is 6.38. The van der Waals surface area contributed by atoms with E-state index >= 15 is 0 Å². The quantitative estimate of drug-likeness (QED) is 0.778. The van der Waals surface area contributed by atoms with Crippen LogP contribution in [0.25, 0.3) is 0 Å². The predicted octanol–water partition coefficient (Wildman–Crippen LogP) is 1.52. The second-order valence-corrected chi connectivity index (χ2v) is 5.91. The number of carbonyl (C=O) groups is 2. The number of carbonyl (C=O) groups excluding carboxylic acids is 2. The van der Waals surface area contributed by atoms with Gasteiger partial charge in [-0.05, 0) is 25.5 Å². The van der Waals surface area contributed by atoms with E-state index in [9.17, 15) is 9.59 Å². The maximum absolute atomic E-state index is 12.3. The lowest BCUT2D eigenvalue weighted by atomic mass is 10.0. The molecule has 3 amide bonds. The van der Waals surface area contributed by atoms with Crippen molar-refractivity contribution in [1.29, 1.82) is 0 Å². The van der Waals surface area contributed by atoms with Gasteiger partial charge in [-0.3, -0.25) is 15.0 Å². The van der Waals surface area contributed by atoms with Gasteiger partial charge in [0.05, 0.1) is 6.04 Å². The van der Waals surface area contributed by atoms with Crippen molar-refractivity contribution in [3.8, 4) is 0 Å². The second kappa shape index (κ2) is 8.29. The number of amides is 3. The fourth-order valence-corrected chi connectivity index (χ4v) is 3.05. The molecule has 0 spiro atoms. The Balaban J connectivity index is 2.13. The van der Waals surface area contributed by atoms with Gasteiger partial charge >= 0.3 is 6.03 Å². The molecule has 3 N–H and O–H groups in total. The van der Waals surface area contributed by atoms with E-state index in [4.69, 9.17) is 11.6 Å². The largest absolute Gasteiger partial charge is 0.338 e. The number of benzene rings is 1. The lowest BCUT2D eigenvalue weighted by Gasteiger charge is -2.40. The van der Waals surface area contributed by atoms with Gasteiger partial charge in [0.1, 0.15) is 0 Å². The fourth-order valence-electron chi connectivity index (χ4n) is 2.79. The Morgan fingerprint density at radius 2 is 2.17 bits per heavy atom. The first-order valence-electron chi connectivity index (χ1n) is 7.84. The summed E-state index contributed by atoms with van der Waals surface area (Å²) in [6.07, 6.45) is 0. The van der Waals surface area contributed by atoms with Crippen LogP contribution in [-0.4, -0.2) is 49.1 Å². The second-order valence-electron chi connectivity index (χ2n) is 5.50. The Hall–Kier alpha value is -1.63. The van der Waals surface area contributed by atoms with Gasteiger partial charge in [0.2, 0.25) is 5.91 Å². The fraction of sp³-hybridized carbons (Fsp3) is 0.500. The third kappa shape index (κ3) is 4.43. The topological polar surface area (TPSA) is 73.5 Å². The van der Waals surface area contributed by atoms with Gasteiger partial charge in [-0.1, -0.05) is 29.8 Å². The summed E-state index contributed by atoms with van der Waals surface area (Å²) in [5.41, 5.74) is 0.985. The zero-order valence-electron chi connectivity index (χ0n) is 13.4. The maximum Gasteiger partial charge on any atom is 0.321 e. The molecule has 2 rings (SSSR count). The molecule has 1 aromatic carbocycles. The lowest BCUT2D eigenvalue weighted by Crippen LogP contribution is -2.55. The van der Waals surface area contributed by atoms with Gasteiger partial charge in [-0.25, -0.2) is 4.79 Å². The van der Waals surface area contributed by atoms with Gasteiger partial charge in [0.25, 0.3) is 0 Å². The van der Waals surface area contributed by atoms with Crippen molar-refractivity contribution >= 4 is 23.5 Å². The summed E-state index contributed by atoms with van der Waals surface area (Å²) >= 11 is 6.31. The molecule has 0 saturated carbocycles. The van der Waals surface area contributed by atoms with Crippen molar-refractivity contribution in [3.05, 3.63) is 34.9 Å². The first-order valence-corrected chi connectivity index (χ1v) is 8.22. The van der Waals surface area contributed by atoms with Crippen LogP contribution in [0.2, 0.25) is 5.02 Å². The maximum atomic E-state index is 12.3. The summed E-state index contributed by atoms with van der Waals surface area (Å²) in [6, 6.07) is 6.75. The van der Waals surface area contributed by atoms with Crippen molar-refractivity contribution in [2.45, 2.75) is 25.9 Å². The molecule has 2 atom stereocenters. The van der Waals surface area contributed by atoms with Gasteiger partial charge < -0.3 is 10.6 Å². The van der Waals surface area contributed by atoms with Crippen molar-refractivity contribution in [1.82, 2.24) is 20.9 Å². The van der Waals surface area contributed by atoms with Crippen molar-refractivity contribution in [3.63, 3.8) is 0 Å². The molecule has 1 aliphatic rings. The Morgan fingerprint density at radius 1 is 1.43 bits per heavy atom. The first kappa shape index (κ1) is 17.7. The van der Waals surface area contributed by atoms with Crippen LogP contribution >= 0.6 is 11.6 Å². The smallest absolute Gasteiger partial charge is 0.321 e. The first-order chi connectivity index (χ1) is 11.0. The van der Waals surface area contributed by atoms with Crippen molar-refractivity contribution < 1.29 is 9.59 Å². The van der Waals surface area contributed by atoms with E-state index in [1.54, 1.807) is 6.92 Å². The molecule has 7 heteroatoms. The van der Waals surface area contributed by atoms with Crippen LogP contribution in [0, 0.1) is 0 Å². The molecule has 0 bridgehead atoms. The average Bonchev–Trinajstić information content (AvgIpc) is 2.55. The van der Waals surface area contributed by atoms with Crippen LogP contribution in [0.5, 0.6) is 0 Å². The molecular weight excluding hydrogens is 316 g/mol. The lowest BCUT2D eigenvalue weighted by molar-refractivity contribution is -0.126. The zero-order chi connectivity index (χ0) is 16.8. The molecule has 1 heterocycles. The average molecular weight is 339 g/mol. The minimum absolute atomic E-state index is 0.00700. The number of hydrogen-bond acceptors (Lipinski definition) is 4. The van der Waals surface area contributed by atoms with E-state index < -0.39 is 12.1 Å². The number of nitrogens with one attached hydrogen (secondary N) is 3. The molecule has 0 aromatic heterocycles. The Labute approximate surface area is 141 Å². The summed E-state index contributed by atoms with van der Waals surface area (Å²) in [5, 5.41) is 8.96. The summed E-state index contributed by atoms with van der Waals surface area (Å²) in [7, 11) is 0. The molecule has 23 heavy (non-hydrogen) atoms. The third-order valence-corrected chi connectivity index (χ3v) is 4.34. The van der Waals surface area contributed by atoms with E-state index in [0.29, 0.717) is 24.7 Å². The minimum Gasteiger partial charge on any atom is -0.338 e. The van der Waals surface area contributed by atoms with Gasteiger partial charge in [-0.15, -0.1) is 0 Å². The third-order valence-electron chi connectivity index (χ3n) is 4.00. The normalized spacial score (nSPS) is 19.9. The number of nitrogens with zero attached hydrogens (tertiary/aromatic N) is 1. The minimum atomic E-state index is -0.464. The van der Waals surface area contributed by atoms with Gasteiger partial charge in [-0.2, -0.15) is 0 Å². The highest BCUT2D eigenvalue weighted by Gasteiger charge is 2.32. The highest BCUT2D eigenvalue weighted by molar-refractivity contribution is 6.31. The van der Waals surface area contributed by atoms with Gasteiger partial charge in [0, 0.05) is 37.2 Å². The summed E-state index contributed by atoms with van der Waals surface area (Å²) in [6.45, 7) is 6.30. The number of imide groups is 1. The predicted molar refractivity (Wildman–Crippen MR) is 90.4 cm³/mol. The molecule has 1 aliphatic heterocycles. The van der Waals surface area contributed by atoms with Crippen LogP contribution in [0.15, 0.2) is 24.3 Å². The van der Waals surface area contributed by atoms with Crippen LogP contribution in [0.4, 0.5) is 4.79 Å². The van der Waals surface area contributed by atoms with E-state index in [1.807, 2.05) is 31.2 Å². The summed E-state index contributed by atoms with van der Waals surface area (Å²) in [5.74, 6) is -0.310. The van der Waals surface area contributed by atoms with Gasteiger partial charge in [0.15, 0.2) is 0 Å². The van der Waals surface area contributed by atoms with Crippen molar-refractivity contribution in [2.75, 3.05) is 26.2 Å². The van der Waals surface area contributed by atoms with Crippen LogP contribution < -0.4 is 16.0 Å². The molecule has 126 valence electrons. The van der Waals surface area contributed by atoms with E-state index in [-0.39, 0.29) is 11.9 Å². The molecule has 0 aliphatic carbocycles. The molecule has 0 radical (unpaired) electrons. The van der Waals surface area contributed by atoms with Crippen molar-refractivity contribution in [2.24, 2.45) is 0 Å². The number of halogens is 1. The Morgan fingerprint density at radius 3 is 2.87 bits per heavy atom. The number of rotatable bonds is 4. The summed E-state index contributed by atoms with van der Waals surface area (Å²) < 4.78 is 0. The monoisotopic (exact) mass is 338 g/mol. The molecular formula is C16H23ClN4O2.